The molecule has 1 aliphatic heterocycles. The van der Waals surface area contributed by atoms with Crippen LogP contribution in [0.2, 0.25) is 0 Å². The summed E-state index contributed by atoms with van der Waals surface area (Å²) in [6, 6.07) is 8.73. The van der Waals surface area contributed by atoms with Crippen molar-refractivity contribution in [3.8, 4) is 0 Å². The maximum absolute atomic E-state index is 14.4. The first-order valence-corrected chi connectivity index (χ1v) is 11.1. The van der Waals surface area contributed by atoms with E-state index in [9.17, 15) is 9.18 Å². The van der Waals surface area contributed by atoms with Crippen molar-refractivity contribution in [2.24, 2.45) is 5.92 Å². The van der Waals surface area contributed by atoms with E-state index >= 15 is 0 Å². The molecular formula is C24H30BFN2O4. The lowest BCUT2D eigenvalue weighted by Crippen LogP contribution is -2.41. The predicted octanol–water partition coefficient (Wildman–Crippen LogP) is 3.80. The van der Waals surface area contributed by atoms with Crippen LogP contribution < -0.4 is 10.8 Å². The van der Waals surface area contributed by atoms with Crippen LogP contribution in [0.4, 0.5) is 10.1 Å². The van der Waals surface area contributed by atoms with Gasteiger partial charge in [0.05, 0.1) is 35.6 Å². The third-order valence-corrected chi connectivity index (χ3v) is 6.62. The van der Waals surface area contributed by atoms with Crippen molar-refractivity contribution in [3.63, 3.8) is 0 Å². The Hall–Kier alpha value is -2.45. The van der Waals surface area contributed by atoms with Gasteiger partial charge in [-0.25, -0.2) is 4.39 Å². The van der Waals surface area contributed by atoms with Crippen LogP contribution in [0.25, 0.3) is 0 Å². The predicted molar refractivity (Wildman–Crippen MR) is 121 cm³/mol. The zero-order valence-electron chi connectivity index (χ0n) is 19.3. The number of aromatic nitrogens is 1. The van der Waals surface area contributed by atoms with Crippen molar-refractivity contribution in [3.05, 3.63) is 53.6 Å². The van der Waals surface area contributed by atoms with Crippen LogP contribution in [0.15, 0.2) is 36.5 Å². The third kappa shape index (κ3) is 4.52. The van der Waals surface area contributed by atoms with Crippen LogP contribution in [-0.4, -0.2) is 35.9 Å². The highest BCUT2D eigenvalue weighted by Gasteiger charge is 2.51. The number of ether oxygens (including phenoxy) is 1. The molecule has 32 heavy (non-hydrogen) atoms. The van der Waals surface area contributed by atoms with Gasteiger partial charge < -0.3 is 19.4 Å². The van der Waals surface area contributed by atoms with Gasteiger partial charge in [-0.1, -0.05) is 12.1 Å². The largest absolute Gasteiger partial charge is 0.494 e. The minimum atomic E-state index is -0.536. The first-order chi connectivity index (χ1) is 15.1. The van der Waals surface area contributed by atoms with Gasteiger partial charge >= 0.3 is 13.1 Å². The Morgan fingerprint density at radius 1 is 1.22 bits per heavy atom. The molecule has 2 aliphatic rings. The molecule has 0 amide bonds. The fourth-order valence-electron chi connectivity index (χ4n) is 3.81. The van der Waals surface area contributed by atoms with E-state index < -0.39 is 18.3 Å². The van der Waals surface area contributed by atoms with Crippen molar-refractivity contribution in [1.29, 1.82) is 0 Å². The molecule has 0 bridgehead atoms. The molecule has 170 valence electrons. The summed E-state index contributed by atoms with van der Waals surface area (Å²) in [5.74, 6) is -0.415. The van der Waals surface area contributed by atoms with Gasteiger partial charge in [-0.3, -0.25) is 9.78 Å². The number of halogens is 1. The highest BCUT2D eigenvalue weighted by Crippen LogP contribution is 2.47. The molecule has 6 nitrogen and oxygen atoms in total. The molecule has 2 heterocycles. The maximum Gasteiger partial charge on any atom is 0.494 e. The monoisotopic (exact) mass is 440 g/mol. The first-order valence-electron chi connectivity index (χ1n) is 11.1. The number of carbonyl (C=O) groups is 1. The SMILES string of the molecule is CCOC(=O)[C@H]1C[C@@H]1c1ccc(NCc2cc(B3OC(C)(C)C(C)(C)O3)ccc2F)cn1. The molecule has 0 radical (unpaired) electrons. The molecule has 0 spiro atoms. The average molecular weight is 440 g/mol. The van der Waals surface area contributed by atoms with Crippen LogP contribution in [0.5, 0.6) is 0 Å². The Bertz CT molecular complexity index is 980. The molecule has 0 unspecified atom stereocenters. The minimum absolute atomic E-state index is 0.0897. The van der Waals surface area contributed by atoms with Crippen molar-refractivity contribution in [1.82, 2.24) is 4.98 Å². The first kappa shape index (κ1) is 22.7. The summed E-state index contributed by atoms with van der Waals surface area (Å²) in [7, 11) is -0.536. The number of nitrogens with one attached hydrogen (secondary N) is 1. The summed E-state index contributed by atoms with van der Waals surface area (Å²) in [5, 5.41) is 3.22. The van der Waals surface area contributed by atoms with Gasteiger partial charge in [-0.2, -0.15) is 0 Å². The molecule has 2 aromatic rings. The Balaban J connectivity index is 1.38. The van der Waals surface area contributed by atoms with Crippen LogP contribution in [0, 0.1) is 11.7 Å². The minimum Gasteiger partial charge on any atom is -0.466 e. The summed E-state index contributed by atoms with van der Waals surface area (Å²) in [5.41, 5.74) is 2.06. The number of anilines is 1. The van der Waals surface area contributed by atoms with E-state index in [0.717, 1.165) is 23.3 Å². The Morgan fingerprint density at radius 3 is 2.56 bits per heavy atom. The van der Waals surface area contributed by atoms with Gasteiger partial charge in [0.15, 0.2) is 0 Å². The van der Waals surface area contributed by atoms with Crippen molar-refractivity contribution in [2.75, 3.05) is 11.9 Å². The molecule has 4 rings (SSSR count). The number of carbonyl (C=O) groups excluding carboxylic acids is 1. The Kier molecular flexibility index (Phi) is 6.03. The average Bonchev–Trinajstić information content (AvgIpc) is 3.50. The van der Waals surface area contributed by atoms with Gasteiger partial charge in [-0.05, 0) is 64.7 Å². The molecule has 1 aromatic carbocycles. The molecule has 1 saturated carbocycles. The quantitative estimate of drug-likeness (QED) is 0.522. The second kappa shape index (κ2) is 8.48. The standard InChI is InChI=1S/C24H30BFN2O4/c1-6-30-22(29)19-12-18(19)21-10-8-17(14-28-21)27-13-15-11-16(7-9-20(15)26)25-31-23(2,3)24(4,5)32-25/h7-11,14,18-19,27H,6,12-13H2,1-5H3/t18-,19-/m0/s1. The Morgan fingerprint density at radius 2 is 1.94 bits per heavy atom. The zero-order valence-corrected chi connectivity index (χ0v) is 19.3. The van der Waals surface area contributed by atoms with Gasteiger partial charge in [0.1, 0.15) is 5.82 Å². The van der Waals surface area contributed by atoms with Gasteiger partial charge in [0.25, 0.3) is 0 Å². The lowest BCUT2D eigenvalue weighted by Gasteiger charge is -2.32. The summed E-state index contributed by atoms with van der Waals surface area (Å²) in [6.45, 7) is 10.5. The number of pyridine rings is 1. The van der Waals surface area contributed by atoms with E-state index in [1.807, 2.05) is 46.8 Å². The van der Waals surface area contributed by atoms with Gasteiger partial charge in [-0.15, -0.1) is 0 Å². The van der Waals surface area contributed by atoms with E-state index in [2.05, 4.69) is 10.3 Å². The summed E-state index contributed by atoms with van der Waals surface area (Å²) in [6.07, 6.45) is 2.49. The van der Waals surface area contributed by atoms with Crippen molar-refractivity contribution < 1.29 is 23.2 Å². The molecular weight excluding hydrogens is 410 g/mol. The molecule has 1 aliphatic carbocycles. The molecule has 1 aromatic heterocycles. The van der Waals surface area contributed by atoms with E-state index in [1.165, 1.54) is 6.07 Å². The van der Waals surface area contributed by atoms with Crippen LogP contribution >= 0.6 is 0 Å². The Labute approximate surface area is 189 Å². The third-order valence-electron chi connectivity index (χ3n) is 6.62. The number of hydrogen-bond acceptors (Lipinski definition) is 6. The van der Waals surface area contributed by atoms with E-state index in [0.29, 0.717) is 18.7 Å². The van der Waals surface area contributed by atoms with Crippen LogP contribution in [0.1, 0.15) is 58.2 Å². The highest BCUT2D eigenvalue weighted by molar-refractivity contribution is 6.62. The number of hydrogen-bond donors (Lipinski definition) is 1. The summed E-state index contributed by atoms with van der Waals surface area (Å²) >= 11 is 0. The normalized spacial score (nSPS) is 23.1. The molecule has 1 saturated heterocycles. The van der Waals surface area contributed by atoms with E-state index in [-0.39, 0.29) is 23.6 Å². The van der Waals surface area contributed by atoms with Crippen LogP contribution in [-0.2, 0) is 25.4 Å². The number of benzene rings is 1. The topological polar surface area (TPSA) is 69.7 Å². The van der Waals surface area contributed by atoms with E-state index in [4.69, 9.17) is 14.0 Å². The number of esters is 1. The fraction of sp³-hybridized carbons (Fsp3) is 0.500. The van der Waals surface area contributed by atoms with E-state index in [1.54, 1.807) is 18.3 Å². The zero-order chi connectivity index (χ0) is 23.1. The van der Waals surface area contributed by atoms with Crippen molar-refractivity contribution in [2.45, 2.75) is 64.7 Å². The molecule has 8 heteroatoms. The second-order valence-corrected chi connectivity index (χ2v) is 9.47. The summed E-state index contributed by atoms with van der Waals surface area (Å²) in [4.78, 5) is 16.3. The van der Waals surface area contributed by atoms with Crippen molar-refractivity contribution >= 4 is 24.2 Å². The number of rotatable bonds is 7. The summed E-state index contributed by atoms with van der Waals surface area (Å²) < 4.78 is 31.7. The molecule has 1 N–H and O–H groups in total. The second-order valence-electron chi connectivity index (χ2n) is 9.47. The lowest BCUT2D eigenvalue weighted by atomic mass is 9.78. The molecule has 2 fully saturated rings. The number of nitrogens with zero attached hydrogens (tertiary/aromatic N) is 1. The smallest absolute Gasteiger partial charge is 0.466 e. The maximum atomic E-state index is 14.4. The van der Waals surface area contributed by atoms with Crippen LogP contribution in [0.3, 0.4) is 0 Å². The molecule has 2 atom stereocenters. The van der Waals surface area contributed by atoms with Gasteiger partial charge in [0, 0.05) is 23.7 Å². The highest BCUT2D eigenvalue weighted by atomic mass is 19.1. The van der Waals surface area contributed by atoms with Gasteiger partial charge in [0.2, 0.25) is 0 Å². The lowest BCUT2D eigenvalue weighted by molar-refractivity contribution is -0.144. The fourth-order valence-corrected chi connectivity index (χ4v) is 3.81.